The van der Waals surface area contributed by atoms with Crippen molar-refractivity contribution in [3.05, 3.63) is 12.2 Å². The lowest BCUT2D eigenvalue weighted by Gasteiger charge is -2.26. The Morgan fingerprint density at radius 2 is 1.70 bits per heavy atom. The summed E-state index contributed by atoms with van der Waals surface area (Å²) >= 11 is 0. The van der Waals surface area contributed by atoms with Crippen LogP contribution in [0.3, 0.4) is 0 Å². The largest absolute Gasteiger partial charge is 0.304 e. The highest BCUT2D eigenvalue weighted by Crippen LogP contribution is 2.24. The summed E-state index contributed by atoms with van der Waals surface area (Å²) in [6, 6.07) is 1.41. The van der Waals surface area contributed by atoms with Gasteiger partial charge in [-0.2, -0.15) is 0 Å². The standard InChI is InChI=1S/C8H13N.HI/c1-6-4-7-2-3-8(5-6)9-7;/h2-3,6-9H,4-5H2,1H3;1H. The molecule has 2 heteroatoms. The number of nitrogens with one attached hydrogen (secondary N) is 1. The van der Waals surface area contributed by atoms with E-state index in [2.05, 4.69) is 24.4 Å². The van der Waals surface area contributed by atoms with Gasteiger partial charge < -0.3 is 5.32 Å². The van der Waals surface area contributed by atoms with Gasteiger partial charge in [-0.15, -0.1) is 24.0 Å². The van der Waals surface area contributed by atoms with Crippen molar-refractivity contribution in [3.63, 3.8) is 0 Å². The molecule has 1 fully saturated rings. The van der Waals surface area contributed by atoms with Crippen LogP contribution < -0.4 is 5.32 Å². The summed E-state index contributed by atoms with van der Waals surface area (Å²) in [4.78, 5) is 0. The zero-order chi connectivity index (χ0) is 6.27. The molecule has 0 aliphatic carbocycles. The molecule has 0 amide bonds. The summed E-state index contributed by atoms with van der Waals surface area (Å²) in [5.41, 5.74) is 0. The molecular formula is C8H14IN. The highest BCUT2D eigenvalue weighted by Gasteiger charge is 2.26. The number of hydrogen-bond acceptors (Lipinski definition) is 1. The van der Waals surface area contributed by atoms with Gasteiger partial charge in [-0.1, -0.05) is 19.1 Å². The fourth-order valence-corrected chi connectivity index (χ4v) is 1.91. The Kier molecular flexibility index (Phi) is 2.74. The van der Waals surface area contributed by atoms with Gasteiger partial charge in [0.05, 0.1) is 0 Å². The number of halogens is 1. The first-order valence-corrected chi connectivity index (χ1v) is 3.79. The van der Waals surface area contributed by atoms with Crippen molar-refractivity contribution in [2.24, 2.45) is 5.92 Å². The van der Waals surface area contributed by atoms with E-state index in [1.54, 1.807) is 0 Å². The van der Waals surface area contributed by atoms with Crippen LogP contribution >= 0.6 is 24.0 Å². The summed E-state index contributed by atoms with van der Waals surface area (Å²) in [5.74, 6) is 0.927. The zero-order valence-electron chi connectivity index (χ0n) is 6.21. The molecule has 0 saturated carbocycles. The highest BCUT2D eigenvalue weighted by molar-refractivity contribution is 14.0. The average Bonchev–Trinajstić information content (AvgIpc) is 2.11. The van der Waals surface area contributed by atoms with Crippen LogP contribution in [0.4, 0.5) is 0 Å². The van der Waals surface area contributed by atoms with E-state index in [1.165, 1.54) is 12.8 Å². The second kappa shape index (κ2) is 3.22. The maximum atomic E-state index is 3.51. The topological polar surface area (TPSA) is 12.0 Å². The zero-order valence-corrected chi connectivity index (χ0v) is 8.54. The lowest BCUT2D eigenvalue weighted by atomic mass is 9.94. The molecule has 2 bridgehead atoms. The maximum absolute atomic E-state index is 3.51. The van der Waals surface area contributed by atoms with Crippen LogP contribution in [-0.4, -0.2) is 12.1 Å². The second-order valence-electron chi connectivity index (χ2n) is 3.34. The monoisotopic (exact) mass is 251 g/mol. The summed E-state index contributed by atoms with van der Waals surface area (Å²) in [6.07, 6.45) is 7.31. The second-order valence-corrected chi connectivity index (χ2v) is 3.34. The van der Waals surface area contributed by atoms with E-state index in [0.717, 1.165) is 5.92 Å². The molecule has 2 rings (SSSR count). The van der Waals surface area contributed by atoms with Crippen molar-refractivity contribution in [3.8, 4) is 0 Å². The molecule has 0 aromatic heterocycles. The van der Waals surface area contributed by atoms with Crippen LogP contribution in [0.15, 0.2) is 12.2 Å². The smallest absolute Gasteiger partial charge is 0.0258 e. The van der Waals surface area contributed by atoms with Gasteiger partial charge in [0.2, 0.25) is 0 Å². The van der Waals surface area contributed by atoms with E-state index >= 15 is 0 Å². The molecule has 2 aliphatic heterocycles. The predicted octanol–water partition coefficient (Wildman–Crippen LogP) is 1.93. The van der Waals surface area contributed by atoms with E-state index in [-0.39, 0.29) is 24.0 Å². The summed E-state index contributed by atoms with van der Waals surface area (Å²) < 4.78 is 0. The number of piperidine rings is 1. The molecule has 1 N–H and O–H groups in total. The Labute approximate surface area is 79.3 Å². The van der Waals surface area contributed by atoms with Crippen LogP contribution in [0.1, 0.15) is 19.8 Å². The Balaban J connectivity index is 0.000000500. The molecule has 10 heavy (non-hydrogen) atoms. The average molecular weight is 251 g/mol. The van der Waals surface area contributed by atoms with E-state index in [0.29, 0.717) is 12.1 Å². The summed E-state index contributed by atoms with van der Waals surface area (Å²) in [7, 11) is 0. The molecule has 2 aliphatic rings. The van der Waals surface area contributed by atoms with Gasteiger partial charge in [0.25, 0.3) is 0 Å². The van der Waals surface area contributed by atoms with Gasteiger partial charge in [-0.05, 0) is 18.8 Å². The predicted molar refractivity (Wildman–Crippen MR) is 53.7 cm³/mol. The first-order valence-electron chi connectivity index (χ1n) is 3.79. The van der Waals surface area contributed by atoms with Crippen LogP contribution in [-0.2, 0) is 0 Å². The van der Waals surface area contributed by atoms with Crippen molar-refractivity contribution in [2.75, 3.05) is 0 Å². The number of hydrogen-bond donors (Lipinski definition) is 1. The van der Waals surface area contributed by atoms with E-state index in [9.17, 15) is 0 Å². The van der Waals surface area contributed by atoms with Crippen LogP contribution in [0.25, 0.3) is 0 Å². The minimum Gasteiger partial charge on any atom is -0.304 e. The molecule has 0 radical (unpaired) electrons. The first kappa shape index (κ1) is 8.53. The molecule has 1 nitrogen and oxygen atoms in total. The molecule has 58 valence electrons. The van der Waals surface area contributed by atoms with Crippen LogP contribution in [0, 0.1) is 5.92 Å². The van der Waals surface area contributed by atoms with Crippen molar-refractivity contribution < 1.29 is 0 Å². The van der Waals surface area contributed by atoms with E-state index in [4.69, 9.17) is 0 Å². The summed E-state index contributed by atoms with van der Waals surface area (Å²) in [5, 5.41) is 3.51. The van der Waals surface area contributed by atoms with Gasteiger partial charge >= 0.3 is 0 Å². The van der Waals surface area contributed by atoms with Gasteiger partial charge in [-0.3, -0.25) is 0 Å². The quantitative estimate of drug-likeness (QED) is 0.512. The van der Waals surface area contributed by atoms with Gasteiger partial charge in [0.15, 0.2) is 0 Å². The third-order valence-corrected chi connectivity index (χ3v) is 2.32. The Morgan fingerprint density at radius 3 is 2.20 bits per heavy atom. The SMILES string of the molecule is CC1CC2C=CC(C1)N2.I. The summed E-state index contributed by atoms with van der Waals surface area (Å²) in [6.45, 7) is 2.34. The molecule has 0 aromatic carbocycles. The van der Waals surface area contributed by atoms with E-state index < -0.39 is 0 Å². The van der Waals surface area contributed by atoms with Crippen molar-refractivity contribution >= 4 is 24.0 Å². The molecule has 0 aromatic rings. The molecular weight excluding hydrogens is 237 g/mol. The number of fused-ring (bicyclic) bond motifs is 2. The van der Waals surface area contributed by atoms with Gasteiger partial charge in [0, 0.05) is 12.1 Å². The Morgan fingerprint density at radius 1 is 1.20 bits per heavy atom. The number of rotatable bonds is 0. The van der Waals surface area contributed by atoms with Crippen LogP contribution in [0.2, 0.25) is 0 Å². The Bertz CT molecular complexity index is 130. The van der Waals surface area contributed by atoms with Crippen molar-refractivity contribution in [2.45, 2.75) is 31.8 Å². The molecule has 2 heterocycles. The fourth-order valence-electron chi connectivity index (χ4n) is 1.91. The van der Waals surface area contributed by atoms with Crippen LogP contribution in [0.5, 0.6) is 0 Å². The highest BCUT2D eigenvalue weighted by atomic mass is 127. The Hall–Kier alpha value is 0.430. The third kappa shape index (κ3) is 1.53. The minimum absolute atomic E-state index is 0. The normalized spacial score (nSPS) is 43.1. The lowest BCUT2D eigenvalue weighted by Crippen LogP contribution is -2.37. The van der Waals surface area contributed by atoms with Crippen molar-refractivity contribution in [1.29, 1.82) is 0 Å². The lowest BCUT2D eigenvalue weighted by molar-refractivity contribution is 0.335. The van der Waals surface area contributed by atoms with E-state index in [1.807, 2.05) is 0 Å². The molecule has 2 atom stereocenters. The van der Waals surface area contributed by atoms with Gasteiger partial charge in [-0.25, -0.2) is 0 Å². The molecule has 1 saturated heterocycles. The minimum atomic E-state index is 0. The maximum Gasteiger partial charge on any atom is 0.0258 e. The molecule has 2 unspecified atom stereocenters. The fraction of sp³-hybridized carbons (Fsp3) is 0.750. The first-order chi connectivity index (χ1) is 4.34. The van der Waals surface area contributed by atoms with Crippen molar-refractivity contribution in [1.82, 2.24) is 5.32 Å². The third-order valence-electron chi connectivity index (χ3n) is 2.32. The molecule has 0 spiro atoms. The van der Waals surface area contributed by atoms with Gasteiger partial charge in [0.1, 0.15) is 0 Å².